The molecular weight excluding hydrogens is 383 g/mol. The largest absolute Gasteiger partial charge is 0.361 e. The second-order valence-electron chi connectivity index (χ2n) is 7.21. The van der Waals surface area contributed by atoms with Crippen LogP contribution in [-0.4, -0.2) is 20.9 Å². The number of aryl methyl sites for hydroxylation is 1. The zero-order valence-electron chi connectivity index (χ0n) is 16.4. The number of rotatable bonds is 6. The molecule has 0 aliphatic carbocycles. The van der Waals surface area contributed by atoms with E-state index in [4.69, 9.17) is 0 Å². The van der Waals surface area contributed by atoms with Gasteiger partial charge in [0, 0.05) is 29.6 Å². The molecule has 30 heavy (non-hydrogen) atoms. The van der Waals surface area contributed by atoms with Gasteiger partial charge in [-0.05, 0) is 30.2 Å². The molecule has 1 atom stereocenters. The summed E-state index contributed by atoms with van der Waals surface area (Å²) in [4.78, 5) is 35.0. The Morgan fingerprint density at radius 2 is 1.90 bits per heavy atom. The molecule has 0 spiro atoms. The maximum absolute atomic E-state index is 14.0. The Hall–Kier alpha value is -3.74. The molecular formula is C23H21FN4O2. The number of aromatic nitrogens is 3. The van der Waals surface area contributed by atoms with Crippen molar-refractivity contribution in [3.05, 3.63) is 99.6 Å². The Morgan fingerprint density at radius 3 is 2.70 bits per heavy atom. The Labute approximate surface area is 172 Å². The first-order valence-corrected chi connectivity index (χ1v) is 9.65. The smallest absolute Gasteiger partial charge is 0.251 e. The molecule has 0 radical (unpaired) electrons. The van der Waals surface area contributed by atoms with Crippen LogP contribution in [0.4, 0.5) is 4.39 Å². The van der Waals surface area contributed by atoms with E-state index in [9.17, 15) is 14.0 Å². The van der Waals surface area contributed by atoms with Crippen LogP contribution in [0.15, 0.2) is 65.6 Å². The Kier molecular flexibility index (Phi) is 5.43. The summed E-state index contributed by atoms with van der Waals surface area (Å²) in [5, 5.41) is 3.97. The maximum atomic E-state index is 14.0. The first kappa shape index (κ1) is 19.6. The molecule has 4 aromatic rings. The lowest BCUT2D eigenvalue weighted by molar-refractivity contribution is -0.121. The van der Waals surface area contributed by atoms with E-state index in [0.717, 1.165) is 16.5 Å². The number of carbonyl (C=O) groups excluding carboxylic acids is 1. The fraction of sp³-hybridized carbons (Fsp3) is 0.174. The molecule has 6 nitrogen and oxygen atoms in total. The highest BCUT2D eigenvalue weighted by molar-refractivity contribution is 5.83. The first-order chi connectivity index (χ1) is 14.5. The zero-order chi connectivity index (χ0) is 21.1. The number of hydrogen-bond donors (Lipinski definition) is 3. The van der Waals surface area contributed by atoms with Gasteiger partial charge in [0.2, 0.25) is 5.91 Å². The lowest BCUT2D eigenvalue weighted by Crippen LogP contribution is -2.33. The molecule has 2 aromatic carbocycles. The monoisotopic (exact) mass is 404 g/mol. The zero-order valence-corrected chi connectivity index (χ0v) is 16.4. The van der Waals surface area contributed by atoms with Crippen molar-refractivity contribution in [3.8, 4) is 0 Å². The topological polar surface area (TPSA) is 90.6 Å². The van der Waals surface area contributed by atoms with Crippen molar-refractivity contribution in [2.24, 2.45) is 0 Å². The second kappa shape index (κ2) is 8.32. The third kappa shape index (κ3) is 4.30. The Bertz CT molecular complexity index is 1260. The number of hydrogen-bond acceptors (Lipinski definition) is 3. The van der Waals surface area contributed by atoms with Gasteiger partial charge in [-0.15, -0.1) is 0 Å². The van der Waals surface area contributed by atoms with Gasteiger partial charge in [0.25, 0.3) is 5.56 Å². The standard InChI is InChI=1S/C23H21FN4O2/c1-14-26-21(12-23(30)27-14)20(10-16-13-25-19-9-5-3-7-17(16)19)28-22(29)11-15-6-2-4-8-18(15)24/h2-9,12-13,20,25H,10-11H2,1H3,(H,28,29)(H,26,27,30). The fourth-order valence-electron chi connectivity index (χ4n) is 3.59. The highest BCUT2D eigenvalue weighted by Crippen LogP contribution is 2.23. The Morgan fingerprint density at radius 1 is 1.13 bits per heavy atom. The van der Waals surface area contributed by atoms with Crippen molar-refractivity contribution >= 4 is 16.8 Å². The van der Waals surface area contributed by atoms with Crippen LogP contribution in [0.25, 0.3) is 10.9 Å². The van der Waals surface area contributed by atoms with Gasteiger partial charge in [-0.25, -0.2) is 9.37 Å². The van der Waals surface area contributed by atoms with E-state index in [-0.39, 0.29) is 17.9 Å². The van der Waals surface area contributed by atoms with Crippen LogP contribution < -0.4 is 10.9 Å². The molecule has 0 bridgehead atoms. The van der Waals surface area contributed by atoms with Gasteiger partial charge in [0.1, 0.15) is 11.6 Å². The summed E-state index contributed by atoms with van der Waals surface area (Å²) in [6.07, 6.45) is 2.23. The summed E-state index contributed by atoms with van der Waals surface area (Å²) in [5.41, 5.74) is 2.46. The van der Waals surface area contributed by atoms with Crippen molar-refractivity contribution < 1.29 is 9.18 Å². The lowest BCUT2D eigenvalue weighted by Gasteiger charge is -2.19. The highest BCUT2D eigenvalue weighted by atomic mass is 19.1. The van der Waals surface area contributed by atoms with Crippen LogP contribution in [0.5, 0.6) is 0 Å². The van der Waals surface area contributed by atoms with Crippen LogP contribution in [0, 0.1) is 12.7 Å². The van der Waals surface area contributed by atoms with Gasteiger partial charge >= 0.3 is 0 Å². The molecule has 0 aliphatic heterocycles. The van der Waals surface area contributed by atoms with E-state index in [1.807, 2.05) is 30.5 Å². The number of amides is 1. The van der Waals surface area contributed by atoms with Gasteiger partial charge in [-0.3, -0.25) is 9.59 Å². The predicted molar refractivity (Wildman–Crippen MR) is 113 cm³/mol. The van der Waals surface area contributed by atoms with E-state index in [0.29, 0.717) is 23.5 Å². The Balaban J connectivity index is 1.64. The van der Waals surface area contributed by atoms with Gasteiger partial charge < -0.3 is 15.3 Å². The van der Waals surface area contributed by atoms with Crippen molar-refractivity contribution in [2.45, 2.75) is 25.8 Å². The lowest BCUT2D eigenvalue weighted by atomic mass is 10.0. The number of nitrogens with one attached hydrogen (secondary N) is 3. The predicted octanol–water partition coefficient (Wildman–Crippen LogP) is 3.34. The summed E-state index contributed by atoms with van der Waals surface area (Å²) in [6.45, 7) is 1.69. The van der Waals surface area contributed by atoms with Crippen LogP contribution in [0.3, 0.4) is 0 Å². The normalized spacial score (nSPS) is 12.1. The molecule has 2 heterocycles. The van der Waals surface area contributed by atoms with Gasteiger partial charge in [-0.2, -0.15) is 0 Å². The summed E-state index contributed by atoms with van der Waals surface area (Å²) in [5.74, 6) is -0.305. The summed E-state index contributed by atoms with van der Waals surface area (Å²) in [7, 11) is 0. The summed E-state index contributed by atoms with van der Waals surface area (Å²) < 4.78 is 14.0. The van der Waals surface area contributed by atoms with Gasteiger partial charge in [-0.1, -0.05) is 36.4 Å². The van der Waals surface area contributed by atoms with E-state index in [1.165, 1.54) is 12.1 Å². The minimum atomic E-state index is -0.538. The molecule has 2 aromatic heterocycles. The molecule has 0 saturated heterocycles. The molecule has 0 fully saturated rings. The van der Waals surface area contributed by atoms with E-state index >= 15 is 0 Å². The molecule has 1 unspecified atom stereocenters. The molecule has 1 amide bonds. The fourth-order valence-corrected chi connectivity index (χ4v) is 3.59. The maximum Gasteiger partial charge on any atom is 0.251 e. The summed E-state index contributed by atoms with van der Waals surface area (Å²) >= 11 is 0. The van der Waals surface area contributed by atoms with Gasteiger partial charge in [0.05, 0.1) is 18.2 Å². The van der Waals surface area contributed by atoms with Crippen molar-refractivity contribution in [2.75, 3.05) is 0 Å². The molecule has 0 saturated carbocycles. The quantitative estimate of drug-likeness (QED) is 0.460. The second-order valence-corrected chi connectivity index (χ2v) is 7.21. The highest BCUT2D eigenvalue weighted by Gasteiger charge is 2.20. The molecule has 152 valence electrons. The number of fused-ring (bicyclic) bond motifs is 1. The number of halogens is 1. The molecule has 3 N–H and O–H groups in total. The van der Waals surface area contributed by atoms with Crippen LogP contribution >= 0.6 is 0 Å². The van der Waals surface area contributed by atoms with E-state index in [1.54, 1.807) is 25.1 Å². The number of para-hydroxylation sites is 1. The third-order valence-electron chi connectivity index (χ3n) is 4.98. The molecule has 0 aliphatic rings. The number of H-pyrrole nitrogens is 2. The average Bonchev–Trinajstić information content (AvgIpc) is 3.11. The van der Waals surface area contributed by atoms with Crippen molar-refractivity contribution in [1.29, 1.82) is 0 Å². The average molecular weight is 404 g/mol. The van der Waals surface area contributed by atoms with Gasteiger partial charge in [0.15, 0.2) is 0 Å². The van der Waals surface area contributed by atoms with Crippen molar-refractivity contribution in [1.82, 2.24) is 20.3 Å². The summed E-state index contributed by atoms with van der Waals surface area (Å²) in [6, 6.07) is 14.9. The minimum absolute atomic E-state index is 0.0980. The van der Waals surface area contributed by atoms with E-state index in [2.05, 4.69) is 20.3 Å². The number of carbonyl (C=O) groups is 1. The van der Waals surface area contributed by atoms with Crippen LogP contribution in [0.2, 0.25) is 0 Å². The number of aromatic amines is 2. The molecule has 4 rings (SSSR count). The molecule has 7 heteroatoms. The minimum Gasteiger partial charge on any atom is -0.361 e. The first-order valence-electron chi connectivity index (χ1n) is 9.65. The van der Waals surface area contributed by atoms with Crippen LogP contribution in [0.1, 0.15) is 28.7 Å². The van der Waals surface area contributed by atoms with Crippen molar-refractivity contribution in [3.63, 3.8) is 0 Å². The number of nitrogens with zero attached hydrogens (tertiary/aromatic N) is 1. The van der Waals surface area contributed by atoms with Crippen LogP contribution in [-0.2, 0) is 17.6 Å². The third-order valence-corrected chi connectivity index (χ3v) is 4.98. The SMILES string of the molecule is Cc1nc(C(Cc2c[nH]c3ccccc23)NC(=O)Cc2ccccc2F)cc(=O)[nH]1. The number of benzene rings is 2. The van der Waals surface area contributed by atoms with E-state index < -0.39 is 11.9 Å².